The number of likely N-dealkylation sites (N-methyl/N-ethyl adjacent to an activating group) is 1. The maximum absolute atomic E-state index is 12.0. The van der Waals surface area contributed by atoms with Gasteiger partial charge >= 0.3 is 0 Å². The number of sulfone groups is 1. The number of rotatable bonds is 6. The summed E-state index contributed by atoms with van der Waals surface area (Å²) in [5.41, 5.74) is 0. The topological polar surface area (TPSA) is 63.7 Å². The molecule has 0 radical (unpaired) electrons. The van der Waals surface area contributed by atoms with Crippen LogP contribution in [-0.2, 0) is 14.6 Å². The number of hydrogen-bond donors (Lipinski definition) is 0. The molecule has 2 rings (SSSR count). The van der Waals surface area contributed by atoms with Gasteiger partial charge < -0.3 is 9.64 Å². The Labute approximate surface area is 125 Å². The van der Waals surface area contributed by atoms with Crippen molar-refractivity contribution in [1.82, 2.24) is 4.90 Å². The maximum Gasteiger partial charge on any atom is 0.222 e. The van der Waals surface area contributed by atoms with Gasteiger partial charge in [0, 0.05) is 13.5 Å². The minimum Gasteiger partial charge on any atom is -0.492 e. The number of amides is 1. The molecule has 1 unspecified atom stereocenters. The van der Waals surface area contributed by atoms with E-state index < -0.39 is 9.84 Å². The average Bonchev–Trinajstić information content (AvgIpc) is 2.79. The van der Waals surface area contributed by atoms with E-state index in [1.165, 1.54) is 0 Å². The van der Waals surface area contributed by atoms with Gasteiger partial charge in [-0.1, -0.05) is 18.2 Å². The van der Waals surface area contributed by atoms with Crippen LogP contribution < -0.4 is 4.74 Å². The molecule has 0 bridgehead atoms. The third-order valence-electron chi connectivity index (χ3n) is 3.65. The first-order valence-corrected chi connectivity index (χ1v) is 8.91. The lowest BCUT2D eigenvalue weighted by atomic mass is 10.0. The molecule has 1 heterocycles. The summed E-state index contributed by atoms with van der Waals surface area (Å²) >= 11 is 0. The van der Waals surface area contributed by atoms with E-state index in [1.807, 2.05) is 30.3 Å². The molecule has 21 heavy (non-hydrogen) atoms. The van der Waals surface area contributed by atoms with Gasteiger partial charge in [-0.3, -0.25) is 4.79 Å². The number of hydrogen-bond acceptors (Lipinski definition) is 4. The third-order valence-corrected chi connectivity index (χ3v) is 5.49. The van der Waals surface area contributed by atoms with Crippen LogP contribution >= 0.6 is 0 Å². The molecule has 1 aromatic carbocycles. The van der Waals surface area contributed by atoms with Gasteiger partial charge in [0.1, 0.15) is 12.4 Å². The van der Waals surface area contributed by atoms with E-state index in [-0.39, 0.29) is 23.3 Å². The SMILES string of the molecule is CN(CCOc1ccccc1)C(=O)CC1CCS(=O)(=O)C1. The average molecular weight is 311 g/mol. The number of benzene rings is 1. The molecule has 0 spiro atoms. The van der Waals surface area contributed by atoms with Crippen LogP contribution in [0.5, 0.6) is 5.75 Å². The number of nitrogens with zero attached hydrogens (tertiary/aromatic N) is 1. The van der Waals surface area contributed by atoms with Gasteiger partial charge in [0.05, 0.1) is 18.1 Å². The summed E-state index contributed by atoms with van der Waals surface area (Å²) in [4.78, 5) is 13.6. The van der Waals surface area contributed by atoms with Gasteiger partial charge in [-0.05, 0) is 24.5 Å². The van der Waals surface area contributed by atoms with Crippen LogP contribution in [0.3, 0.4) is 0 Å². The van der Waals surface area contributed by atoms with Crippen molar-refractivity contribution in [2.75, 3.05) is 31.7 Å². The van der Waals surface area contributed by atoms with Crippen molar-refractivity contribution in [3.63, 3.8) is 0 Å². The van der Waals surface area contributed by atoms with Gasteiger partial charge in [-0.15, -0.1) is 0 Å². The molecule has 1 fully saturated rings. The van der Waals surface area contributed by atoms with Crippen molar-refractivity contribution < 1.29 is 17.9 Å². The molecule has 1 atom stereocenters. The van der Waals surface area contributed by atoms with Crippen LogP contribution in [-0.4, -0.2) is 50.9 Å². The summed E-state index contributed by atoms with van der Waals surface area (Å²) in [6.07, 6.45) is 0.906. The van der Waals surface area contributed by atoms with Crippen LogP contribution in [0.4, 0.5) is 0 Å². The standard InChI is InChI=1S/C15H21NO4S/c1-16(8-9-20-14-5-3-2-4-6-14)15(17)11-13-7-10-21(18,19)12-13/h2-6,13H,7-12H2,1H3. The molecular weight excluding hydrogens is 290 g/mol. The van der Waals surface area contributed by atoms with E-state index in [0.29, 0.717) is 26.0 Å². The summed E-state index contributed by atoms with van der Waals surface area (Å²) in [6.45, 7) is 0.919. The predicted octanol–water partition coefficient (Wildman–Crippen LogP) is 1.35. The highest BCUT2D eigenvalue weighted by Gasteiger charge is 2.30. The van der Waals surface area contributed by atoms with Crippen molar-refractivity contribution in [1.29, 1.82) is 0 Å². The Morgan fingerprint density at radius 3 is 2.67 bits per heavy atom. The summed E-state index contributed by atoms with van der Waals surface area (Å²) in [5.74, 6) is 1.09. The van der Waals surface area contributed by atoms with E-state index in [2.05, 4.69) is 0 Å². The maximum atomic E-state index is 12.0. The number of carbonyl (C=O) groups is 1. The van der Waals surface area contributed by atoms with Crippen LogP contribution in [0.1, 0.15) is 12.8 Å². The zero-order valence-electron chi connectivity index (χ0n) is 12.2. The van der Waals surface area contributed by atoms with Crippen molar-refractivity contribution in [2.24, 2.45) is 5.92 Å². The van der Waals surface area contributed by atoms with E-state index in [0.717, 1.165) is 5.75 Å². The van der Waals surface area contributed by atoms with E-state index in [1.54, 1.807) is 11.9 Å². The molecule has 116 valence electrons. The molecule has 1 aliphatic rings. The summed E-state index contributed by atoms with van der Waals surface area (Å²) in [6, 6.07) is 9.43. The Morgan fingerprint density at radius 2 is 2.05 bits per heavy atom. The van der Waals surface area contributed by atoms with Crippen LogP contribution in [0.15, 0.2) is 30.3 Å². The van der Waals surface area contributed by atoms with Crippen molar-refractivity contribution >= 4 is 15.7 Å². The van der Waals surface area contributed by atoms with Crippen LogP contribution in [0.2, 0.25) is 0 Å². The fourth-order valence-electron chi connectivity index (χ4n) is 2.38. The quantitative estimate of drug-likeness (QED) is 0.795. The second kappa shape index (κ2) is 6.93. The molecular formula is C15H21NO4S. The highest BCUT2D eigenvalue weighted by Crippen LogP contribution is 2.22. The Kier molecular flexibility index (Phi) is 5.22. The first-order valence-electron chi connectivity index (χ1n) is 7.08. The molecule has 1 amide bonds. The Hall–Kier alpha value is -1.56. The molecule has 1 saturated heterocycles. The Bertz CT molecular complexity index is 571. The number of ether oxygens (including phenoxy) is 1. The second-order valence-corrected chi connectivity index (χ2v) is 7.68. The van der Waals surface area contributed by atoms with Crippen LogP contribution in [0, 0.1) is 5.92 Å². The minimum absolute atomic E-state index is 0.0197. The molecule has 6 heteroatoms. The van der Waals surface area contributed by atoms with Gasteiger partial charge in [-0.2, -0.15) is 0 Å². The predicted molar refractivity (Wildman–Crippen MR) is 81.0 cm³/mol. The van der Waals surface area contributed by atoms with Crippen molar-refractivity contribution in [2.45, 2.75) is 12.8 Å². The van der Waals surface area contributed by atoms with Crippen molar-refractivity contribution in [3.8, 4) is 5.75 Å². The minimum atomic E-state index is -2.92. The first-order chi connectivity index (χ1) is 9.96. The lowest BCUT2D eigenvalue weighted by molar-refractivity contribution is -0.131. The largest absolute Gasteiger partial charge is 0.492 e. The number of para-hydroxylation sites is 1. The zero-order valence-corrected chi connectivity index (χ0v) is 13.0. The highest BCUT2D eigenvalue weighted by atomic mass is 32.2. The van der Waals surface area contributed by atoms with E-state index in [4.69, 9.17) is 4.74 Å². The summed E-state index contributed by atoms with van der Waals surface area (Å²) in [7, 11) is -1.19. The molecule has 0 saturated carbocycles. The Balaban J connectivity index is 1.70. The lowest BCUT2D eigenvalue weighted by Crippen LogP contribution is -2.32. The molecule has 1 aliphatic heterocycles. The molecule has 0 aromatic heterocycles. The monoisotopic (exact) mass is 311 g/mol. The van der Waals surface area contributed by atoms with Crippen LogP contribution in [0.25, 0.3) is 0 Å². The fraction of sp³-hybridized carbons (Fsp3) is 0.533. The normalized spacial score (nSPS) is 20.1. The summed E-state index contributed by atoms with van der Waals surface area (Å²) < 4.78 is 28.3. The Morgan fingerprint density at radius 1 is 1.33 bits per heavy atom. The first kappa shape index (κ1) is 15.8. The van der Waals surface area contributed by atoms with Gasteiger partial charge in [-0.25, -0.2) is 8.42 Å². The van der Waals surface area contributed by atoms with Gasteiger partial charge in [0.2, 0.25) is 5.91 Å². The van der Waals surface area contributed by atoms with Gasteiger partial charge in [0.25, 0.3) is 0 Å². The second-order valence-electron chi connectivity index (χ2n) is 5.45. The lowest BCUT2D eigenvalue weighted by Gasteiger charge is -2.19. The molecule has 0 N–H and O–H groups in total. The third kappa shape index (κ3) is 5.04. The smallest absolute Gasteiger partial charge is 0.222 e. The highest BCUT2D eigenvalue weighted by molar-refractivity contribution is 7.91. The number of carbonyl (C=O) groups excluding carboxylic acids is 1. The summed E-state index contributed by atoms with van der Waals surface area (Å²) in [5, 5.41) is 0. The van der Waals surface area contributed by atoms with Gasteiger partial charge in [0.15, 0.2) is 9.84 Å². The molecule has 0 aliphatic carbocycles. The van der Waals surface area contributed by atoms with Crippen molar-refractivity contribution in [3.05, 3.63) is 30.3 Å². The molecule has 5 nitrogen and oxygen atoms in total. The zero-order chi connectivity index (χ0) is 15.3. The molecule has 1 aromatic rings. The van der Waals surface area contributed by atoms with E-state index >= 15 is 0 Å². The van der Waals surface area contributed by atoms with E-state index in [9.17, 15) is 13.2 Å². The fourth-order valence-corrected chi connectivity index (χ4v) is 4.24.